The molecule has 1 aromatic heterocycles. The number of benzene rings is 1. The molecule has 4 rings (SSSR count). The third-order valence-electron chi connectivity index (χ3n) is 4.38. The largest absolute Gasteiger partial charge is 0.147 e. The first-order valence-electron chi connectivity index (χ1n) is 7.27. The van der Waals surface area contributed by atoms with Crippen molar-refractivity contribution in [2.24, 2.45) is 11.8 Å². The average molecular weight is 372 g/mol. The van der Waals surface area contributed by atoms with Gasteiger partial charge in [0.15, 0.2) is 0 Å². The average Bonchev–Trinajstić information content (AvgIpc) is 2.91. The molecule has 2 aliphatic rings. The van der Waals surface area contributed by atoms with E-state index >= 15 is 0 Å². The second kappa shape index (κ2) is 7.67. The molecular weight excluding hydrogens is 353 g/mol. The van der Waals surface area contributed by atoms with Gasteiger partial charge in [0.25, 0.3) is 0 Å². The smallest absolute Gasteiger partial charge is 0.147 e. The first kappa shape index (κ1) is 17.6. The van der Waals surface area contributed by atoms with Gasteiger partial charge in [0.1, 0.15) is 0 Å². The zero-order valence-corrected chi connectivity index (χ0v) is 15.0. The summed E-state index contributed by atoms with van der Waals surface area (Å²) in [6.07, 6.45) is 13.9. The van der Waals surface area contributed by atoms with E-state index in [-0.39, 0.29) is 24.8 Å². The van der Waals surface area contributed by atoms with E-state index in [1.807, 2.05) is 12.3 Å². The fourth-order valence-electron chi connectivity index (χ4n) is 3.38. The minimum absolute atomic E-state index is 0. The minimum atomic E-state index is 0. The predicted molar refractivity (Wildman–Crippen MR) is 94.1 cm³/mol. The number of allylic oxidation sites excluding steroid dienone is 4. The molecule has 0 bridgehead atoms. The molecule has 1 aromatic carbocycles. The maximum Gasteiger partial charge on any atom is -0.147 e. The number of pyridine rings is 1. The first-order valence-corrected chi connectivity index (χ1v) is 8.64. The number of halogens is 2. The van der Waals surface area contributed by atoms with Crippen LogP contribution in [0.15, 0.2) is 60.8 Å². The maximum absolute atomic E-state index is 4.61. The van der Waals surface area contributed by atoms with Crippen molar-refractivity contribution in [2.45, 2.75) is 17.6 Å². The predicted octanol–water partition coefficient (Wildman–Crippen LogP) is 4.73. The van der Waals surface area contributed by atoms with Crippen LogP contribution < -0.4 is 4.43 Å². The van der Waals surface area contributed by atoms with Crippen molar-refractivity contribution in [1.29, 1.82) is 0 Å². The Labute approximate surface area is 150 Å². The number of aromatic nitrogens is 1. The molecule has 0 spiro atoms. The Kier molecular flexibility index (Phi) is 6.12. The molecule has 2 aromatic rings. The standard InChI is InChI=1S/C9H6N.C9H11.2ClH.Cr/c1-2-6-9-8(4-1)5-3-7-10-9;1-2-5-9-7-3-6-8(9)4-1;;;/h1-5,7H;1-2,4-6,8-9H,3,7H2;2*1H;. The van der Waals surface area contributed by atoms with Gasteiger partial charge in [-0.1, -0.05) is 0 Å². The number of para-hydroxylation sites is 1. The Balaban J connectivity index is 0.000000882. The normalized spacial score (nSPS) is 25.4. The number of hydrogen-bond acceptors (Lipinski definition) is 1. The van der Waals surface area contributed by atoms with Crippen molar-refractivity contribution in [3.05, 3.63) is 60.8 Å². The van der Waals surface area contributed by atoms with Crippen molar-refractivity contribution in [2.75, 3.05) is 0 Å². The Bertz CT molecular complexity index is 693. The zero-order valence-electron chi connectivity index (χ0n) is 12.1. The van der Waals surface area contributed by atoms with Crippen LogP contribution in [0.4, 0.5) is 0 Å². The molecule has 1 nitrogen and oxygen atoms in total. The van der Waals surface area contributed by atoms with Crippen molar-refractivity contribution >= 4 is 40.1 Å². The van der Waals surface area contributed by atoms with Gasteiger partial charge in [-0.25, -0.2) is 0 Å². The summed E-state index contributed by atoms with van der Waals surface area (Å²) in [6.45, 7) is 0. The van der Waals surface area contributed by atoms with Crippen LogP contribution in [0.1, 0.15) is 12.8 Å². The quantitative estimate of drug-likeness (QED) is 0.743. The molecule has 1 fully saturated rings. The van der Waals surface area contributed by atoms with Gasteiger partial charge < -0.3 is 0 Å². The van der Waals surface area contributed by atoms with Crippen LogP contribution in [0.2, 0.25) is 4.78 Å². The van der Waals surface area contributed by atoms with Gasteiger partial charge in [-0.05, 0) is 0 Å². The first-order chi connectivity index (χ1) is 9.92. The third kappa shape index (κ3) is 3.26. The Morgan fingerprint density at radius 2 is 1.77 bits per heavy atom. The van der Waals surface area contributed by atoms with Gasteiger partial charge in [0.2, 0.25) is 0 Å². The summed E-state index contributed by atoms with van der Waals surface area (Å²) in [5.74, 6) is 1.55. The van der Waals surface area contributed by atoms with Crippen LogP contribution in [-0.2, 0) is 15.2 Å². The van der Waals surface area contributed by atoms with Crippen molar-refractivity contribution in [3.63, 3.8) is 0 Å². The molecule has 1 saturated carbocycles. The molecule has 3 unspecified atom stereocenters. The third-order valence-corrected chi connectivity index (χ3v) is 6.63. The molecule has 0 radical (unpaired) electrons. The minimum Gasteiger partial charge on any atom is -0.147 e. The van der Waals surface area contributed by atoms with Gasteiger partial charge in [0.05, 0.1) is 0 Å². The molecule has 0 saturated heterocycles. The van der Waals surface area contributed by atoms with Crippen LogP contribution in [0.25, 0.3) is 10.9 Å². The summed E-state index contributed by atoms with van der Waals surface area (Å²) in [7, 11) is 0. The summed E-state index contributed by atoms with van der Waals surface area (Å²) in [4.78, 5) is 4.61. The van der Waals surface area contributed by atoms with E-state index in [1.54, 1.807) is 0 Å². The molecule has 4 heteroatoms. The summed E-state index contributed by atoms with van der Waals surface area (Å²) in [5, 5.41) is 1.28. The van der Waals surface area contributed by atoms with Gasteiger partial charge in [-0.3, -0.25) is 0 Å². The van der Waals surface area contributed by atoms with E-state index in [2.05, 4.69) is 53.6 Å². The molecule has 116 valence electrons. The SMILES string of the molecule is C1=CC2CC[CH]([Cr][c]3cccc4cccnc34)C2C=C1.Cl.Cl. The Morgan fingerprint density at radius 3 is 2.68 bits per heavy atom. The van der Waals surface area contributed by atoms with Gasteiger partial charge in [0, 0.05) is 0 Å². The number of rotatable bonds is 2. The second-order valence-corrected chi connectivity index (χ2v) is 7.58. The molecule has 0 aliphatic heterocycles. The van der Waals surface area contributed by atoms with Crippen molar-refractivity contribution in [1.82, 2.24) is 4.98 Å². The fourth-order valence-corrected chi connectivity index (χ4v) is 5.67. The van der Waals surface area contributed by atoms with E-state index in [1.165, 1.54) is 28.2 Å². The van der Waals surface area contributed by atoms with Gasteiger partial charge in [-0.15, -0.1) is 24.8 Å². The maximum atomic E-state index is 4.61. The van der Waals surface area contributed by atoms with Gasteiger partial charge in [-0.2, -0.15) is 0 Å². The van der Waals surface area contributed by atoms with Crippen LogP contribution >= 0.6 is 24.8 Å². The second-order valence-electron chi connectivity index (χ2n) is 5.58. The Hall–Kier alpha value is -0.778. The van der Waals surface area contributed by atoms with Crippen LogP contribution in [0.5, 0.6) is 0 Å². The Morgan fingerprint density at radius 1 is 0.955 bits per heavy atom. The van der Waals surface area contributed by atoms with Crippen molar-refractivity contribution in [3.8, 4) is 0 Å². The zero-order chi connectivity index (χ0) is 13.4. The monoisotopic (exact) mass is 371 g/mol. The van der Waals surface area contributed by atoms with Crippen LogP contribution in [0, 0.1) is 11.8 Å². The molecule has 0 N–H and O–H groups in total. The summed E-state index contributed by atoms with van der Waals surface area (Å²) < 4.78 is 2.31. The molecular formula is C18H19Cl2CrN. The molecule has 3 atom stereocenters. The van der Waals surface area contributed by atoms with Crippen molar-refractivity contribution < 1.29 is 15.2 Å². The van der Waals surface area contributed by atoms with E-state index in [0.717, 1.165) is 16.6 Å². The summed E-state index contributed by atoms with van der Waals surface area (Å²) >= 11 is 0.517. The molecule has 0 amide bonds. The number of fused-ring (bicyclic) bond motifs is 2. The van der Waals surface area contributed by atoms with Crippen LogP contribution in [-0.4, -0.2) is 4.98 Å². The molecule has 1 heterocycles. The number of nitrogens with zero attached hydrogens (tertiary/aromatic N) is 1. The molecule has 2 aliphatic carbocycles. The van der Waals surface area contributed by atoms with E-state index in [0.29, 0.717) is 15.2 Å². The van der Waals surface area contributed by atoms with E-state index in [4.69, 9.17) is 0 Å². The van der Waals surface area contributed by atoms with Gasteiger partial charge >= 0.3 is 126 Å². The fraction of sp³-hybridized carbons (Fsp3) is 0.278. The molecule has 22 heavy (non-hydrogen) atoms. The van der Waals surface area contributed by atoms with E-state index in [9.17, 15) is 0 Å². The van der Waals surface area contributed by atoms with E-state index < -0.39 is 0 Å². The topological polar surface area (TPSA) is 12.9 Å². The van der Waals surface area contributed by atoms with Crippen LogP contribution in [0.3, 0.4) is 0 Å². The number of hydrogen-bond donors (Lipinski definition) is 0. The summed E-state index contributed by atoms with van der Waals surface area (Å²) in [5.41, 5.74) is 1.22. The summed E-state index contributed by atoms with van der Waals surface area (Å²) in [6, 6.07) is 10.8.